The maximum absolute atomic E-state index is 11.8. The average Bonchev–Trinajstić information content (AvgIpc) is 2.27. The lowest BCUT2D eigenvalue weighted by Gasteiger charge is -2.34. The molecule has 1 N–H and O–H groups in total. The predicted molar refractivity (Wildman–Crippen MR) is 61.0 cm³/mol. The fourth-order valence-corrected chi connectivity index (χ4v) is 2.40. The van der Waals surface area contributed by atoms with Crippen LogP contribution in [0.5, 0.6) is 0 Å². The first-order chi connectivity index (χ1) is 7.29. The van der Waals surface area contributed by atoms with Gasteiger partial charge in [-0.05, 0) is 12.8 Å². The van der Waals surface area contributed by atoms with E-state index in [0.29, 0.717) is 24.9 Å². The molecule has 3 nitrogen and oxygen atoms in total. The smallest absolute Gasteiger partial charge is 0.224 e. The highest BCUT2D eigenvalue weighted by atomic mass is 35.5. The predicted octanol–water partition coefficient (Wildman–Crippen LogP) is 1.77. The quantitative estimate of drug-likeness (QED) is 0.736. The number of aliphatic hydroxyl groups is 1. The number of hydrogen-bond donors (Lipinski definition) is 1. The standard InChI is InChI=1S/C11H20ClNO2/c12-7-6-11(15)13(8-9-14)10-4-2-1-3-5-10/h10,14H,1-9H2. The lowest BCUT2D eigenvalue weighted by Crippen LogP contribution is -2.43. The Hall–Kier alpha value is -0.280. The minimum absolute atomic E-state index is 0.0462. The van der Waals surface area contributed by atoms with Crippen molar-refractivity contribution >= 4 is 17.5 Å². The first-order valence-corrected chi connectivity index (χ1v) is 6.29. The molecule has 88 valence electrons. The zero-order valence-electron chi connectivity index (χ0n) is 9.12. The molecule has 0 unspecified atom stereocenters. The molecule has 0 aliphatic heterocycles. The van der Waals surface area contributed by atoms with Crippen molar-refractivity contribution in [3.63, 3.8) is 0 Å². The lowest BCUT2D eigenvalue weighted by molar-refractivity contribution is -0.134. The summed E-state index contributed by atoms with van der Waals surface area (Å²) in [7, 11) is 0. The number of hydrogen-bond acceptors (Lipinski definition) is 2. The summed E-state index contributed by atoms with van der Waals surface area (Å²) in [5.74, 6) is 0.457. The van der Waals surface area contributed by atoms with E-state index in [9.17, 15) is 4.79 Å². The van der Waals surface area contributed by atoms with Crippen LogP contribution in [0.25, 0.3) is 0 Å². The number of amides is 1. The van der Waals surface area contributed by atoms with Crippen LogP contribution >= 0.6 is 11.6 Å². The molecule has 1 aliphatic carbocycles. The number of halogens is 1. The molecule has 0 spiro atoms. The summed E-state index contributed by atoms with van der Waals surface area (Å²) in [6.07, 6.45) is 6.20. The second kappa shape index (κ2) is 7.07. The fraction of sp³-hybridized carbons (Fsp3) is 0.909. The molecule has 0 aromatic rings. The van der Waals surface area contributed by atoms with Crippen LogP contribution in [0.2, 0.25) is 0 Å². The molecule has 15 heavy (non-hydrogen) atoms. The molecule has 0 radical (unpaired) electrons. The first-order valence-electron chi connectivity index (χ1n) is 5.76. The van der Waals surface area contributed by atoms with E-state index >= 15 is 0 Å². The minimum Gasteiger partial charge on any atom is -0.395 e. The number of carbonyl (C=O) groups excluding carboxylic acids is 1. The Morgan fingerprint density at radius 1 is 1.33 bits per heavy atom. The monoisotopic (exact) mass is 233 g/mol. The van der Waals surface area contributed by atoms with Gasteiger partial charge in [0.2, 0.25) is 5.91 Å². The van der Waals surface area contributed by atoms with E-state index in [0.717, 1.165) is 12.8 Å². The van der Waals surface area contributed by atoms with Crippen LogP contribution in [0.1, 0.15) is 38.5 Å². The molecule has 1 saturated carbocycles. The lowest BCUT2D eigenvalue weighted by atomic mass is 9.94. The maximum atomic E-state index is 11.8. The molecule has 0 bridgehead atoms. The van der Waals surface area contributed by atoms with E-state index in [1.807, 2.05) is 4.90 Å². The number of alkyl halides is 1. The Bertz CT molecular complexity index is 193. The molecule has 0 aromatic carbocycles. The molecule has 0 aromatic heterocycles. The van der Waals surface area contributed by atoms with Gasteiger partial charge in [-0.2, -0.15) is 0 Å². The normalized spacial score (nSPS) is 17.7. The molecule has 1 fully saturated rings. The van der Waals surface area contributed by atoms with Gasteiger partial charge in [-0.3, -0.25) is 4.79 Å². The zero-order valence-corrected chi connectivity index (χ0v) is 9.88. The van der Waals surface area contributed by atoms with Crippen LogP contribution in [0.3, 0.4) is 0 Å². The summed E-state index contributed by atoms with van der Waals surface area (Å²) in [4.78, 5) is 13.6. The van der Waals surface area contributed by atoms with Crippen molar-refractivity contribution in [1.82, 2.24) is 4.90 Å². The Morgan fingerprint density at radius 3 is 2.53 bits per heavy atom. The van der Waals surface area contributed by atoms with Gasteiger partial charge in [-0.1, -0.05) is 19.3 Å². The summed E-state index contributed by atoms with van der Waals surface area (Å²) < 4.78 is 0. The Morgan fingerprint density at radius 2 is 2.00 bits per heavy atom. The van der Waals surface area contributed by atoms with Gasteiger partial charge in [0.25, 0.3) is 0 Å². The van der Waals surface area contributed by atoms with E-state index in [1.54, 1.807) is 0 Å². The van der Waals surface area contributed by atoms with Crippen molar-refractivity contribution in [2.45, 2.75) is 44.6 Å². The molecule has 0 saturated heterocycles. The van der Waals surface area contributed by atoms with Crippen molar-refractivity contribution < 1.29 is 9.90 Å². The minimum atomic E-state index is 0.0462. The third-order valence-corrected chi connectivity index (χ3v) is 3.17. The number of nitrogens with zero attached hydrogens (tertiary/aromatic N) is 1. The van der Waals surface area contributed by atoms with E-state index in [4.69, 9.17) is 16.7 Å². The molecular formula is C11H20ClNO2. The largest absolute Gasteiger partial charge is 0.395 e. The van der Waals surface area contributed by atoms with Crippen LogP contribution in [0.4, 0.5) is 0 Å². The van der Waals surface area contributed by atoms with Crippen LogP contribution in [0.15, 0.2) is 0 Å². The Balaban J connectivity index is 2.50. The Kier molecular flexibility index (Phi) is 6.03. The van der Waals surface area contributed by atoms with Crippen LogP contribution in [0, 0.1) is 0 Å². The topological polar surface area (TPSA) is 40.5 Å². The molecular weight excluding hydrogens is 214 g/mol. The highest BCUT2D eigenvalue weighted by molar-refractivity contribution is 6.18. The van der Waals surface area contributed by atoms with Crippen LogP contribution in [-0.2, 0) is 4.79 Å². The second-order valence-corrected chi connectivity index (χ2v) is 4.42. The number of aliphatic hydroxyl groups excluding tert-OH is 1. The molecule has 1 aliphatic rings. The Labute approximate surface area is 96.4 Å². The van der Waals surface area contributed by atoms with Gasteiger partial charge < -0.3 is 10.0 Å². The van der Waals surface area contributed by atoms with Gasteiger partial charge in [0.15, 0.2) is 0 Å². The first kappa shape index (κ1) is 12.8. The maximum Gasteiger partial charge on any atom is 0.224 e. The molecule has 1 amide bonds. The summed E-state index contributed by atoms with van der Waals surface area (Å²) in [6, 6.07) is 0.335. The highest BCUT2D eigenvalue weighted by Gasteiger charge is 2.24. The SMILES string of the molecule is O=C(CCCl)N(CCO)C1CCCCC1. The molecule has 0 heterocycles. The summed E-state index contributed by atoms with van der Waals surface area (Å²) in [6.45, 7) is 0.505. The van der Waals surface area contributed by atoms with E-state index in [2.05, 4.69) is 0 Å². The van der Waals surface area contributed by atoms with Crippen molar-refractivity contribution in [3.8, 4) is 0 Å². The molecule has 1 rings (SSSR count). The van der Waals surface area contributed by atoms with Gasteiger partial charge in [0.1, 0.15) is 0 Å². The molecule has 0 atom stereocenters. The second-order valence-electron chi connectivity index (χ2n) is 4.04. The van der Waals surface area contributed by atoms with E-state index in [-0.39, 0.29) is 12.5 Å². The fourth-order valence-electron chi connectivity index (χ4n) is 2.24. The van der Waals surface area contributed by atoms with Crippen LogP contribution < -0.4 is 0 Å². The summed E-state index contributed by atoms with van der Waals surface area (Å²) >= 11 is 5.57. The van der Waals surface area contributed by atoms with E-state index in [1.165, 1.54) is 19.3 Å². The molecule has 4 heteroatoms. The van der Waals surface area contributed by atoms with Gasteiger partial charge in [0.05, 0.1) is 6.61 Å². The van der Waals surface area contributed by atoms with E-state index < -0.39 is 0 Å². The summed E-state index contributed by atoms with van der Waals surface area (Å²) in [5.41, 5.74) is 0. The van der Waals surface area contributed by atoms with Gasteiger partial charge >= 0.3 is 0 Å². The van der Waals surface area contributed by atoms with Crippen molar-refractivity contribution in [2.24, 2.45) is 0 Å². The average molecular weight is 234 g/mol. The van der Waals surface area contributed by atoms with Crippen molar-refractivity contribution in [2.75, 3.05) is 19.0 Å². The highest BCUT2D eigenvalue weighted by Crippen LogP contribution is 2.22. The van der Waals surface area contributed by atoms with Crippen molar-refractivity contribution in [1.29, 1.82) is 0 Å². The van der Waals surface area contributed by atoms with Crippen LogP contribution in [-0.4, -0.2) is 41.0 Å². The third kappa shape index (κ3) is 3.99. The third-order valence-electron chi connectivity index (χ3n) is 2.99. The number of rotatable bonds is 5. The van der Waals surface area contributed by atoms with Gasteiger partial charge in [-0.25, -0.2) is 0 Å². The number of carbonyl (C=O) groups is 1. The van der Waals surface area contributed by atoms with Gasteiger partial charge in [0, 0.05) is 24.9 Å². The van der Waals surface area contributed by atoms with Crippen molar-refractivity contribution in [3.05, 3.63) is 0 Å². The summed E-state index contributed by atoms with van der Waals surface area (Å²) in [5, 5.41) is 8.96. The van der Waals surface area contributed by atoms with Gasteiger partial charge in [-0.15, -0.1) is 11.6 Å². The zero-order chi connectivity index (χ0) is 11.1.